The normalized spacial score (nSPS) is 19.6. The molecule has 3 aliphatic rings. The maximum atomic E-state index is 12.7. The van der Waals surface area contributed by atoms with Gasteiger partial charge in [-0.25, -0.2) is 0 Å². The van der Waals surface area contributed by atoms with Gasteiger partial charge in [-0.15, -0.1) is 6.07 Å². The smallest absolute Gasteiger partial charge is 0.862 e. The van der Waals surface area contributed by atoms with Crippen molar-refractivity contribution < 1.29 is 33.5 Å². The Morgan fingerprint density at radius 3 is 2.68 bits per heavy atom. The minimum atomic E-state index is -0.470. The summed E-state index contributed by atoms with van der Waals surface area (Å²) in [5.74, 6) is 0.677. The Balaban J connectivity index is 0.000000405. The van der Waals surface area contributed by atoms with Crippen LogP contribution in [0.1, 0.15) is 43.7 Å². The number of fused-ring (bicyclic) bond motifs is 2. The summed E-state index contributed by atoms with van der Waals surface area (Å²) in [6, 6.07) is 7.29. The number of amides is 1. The van der Waals surface area contributed by atoms with E-state index in [1.807, 2.05) is 25.1 Å². The molecule has 2 aliphatic heterocycles. The molecule has 1 aliphatic carbocycles. The summed E-state index contributed by atoms with van der Waals surface area (Å²) in [4.78, 5) is 18.8. The standard InChI is InChI=1S/C20H19ClN4O2.C5H9O.Li/c21-15-1-2-18-17(10-15)20(19(26)24-18)3-5-25(6-4-20)7-8-27-16-9-14(11-22)12-23-13-16;1-5(6)3-2-4-5;/h1-2,9-11,13H,3-8H2,(H,24,26);2,6H,3-4H2,1H3;/q-2;-1;+1. The average molecular weight is 475 g/mol. The second kappa shape index (κ2) is 11.2. The first-order valence-corrected chi connectivity index (χ1v) is 11.5. The van der Waals surface area contributed by atoms with Crippen molar-refractivity contribution >= 4 is 29.4 Å². The zero-order chi connectivity index (χ0) is 23.5. The first-order chi connectivity index (χ1) is 15.8. The number of carbonyl (C=O) groups excluding carboxylic acids is 1. The molecule has 1 aromatic heterocycles. The number of likely N-dealkylation sites (tertiary alicyclic amines) is 1. The Kier molecular flexibility index (Phi) is 8.83. The summed E-state index contributed by atoms with van der Waals surface area (Å²) in [6.45, 7) is 4.76. The molecule has 0 radical (unpaired) electrons. The van der Waals surface area contributed by atoms with Gasteiger partial charge in [0.1, 0.15) is 0 Å². The van der Waals surface area contributed by atoms with Crippen LogP contribution in [0.2, 0.25) is 5.02 Å². The van der Waals surface area contributed by atoms with Crippen molar-refractivity contribution in [2.24, 2.45) is 0 Å². The number of nitrogens with one attached hydrogen (secondary N) is 1. The van der Waals surface area contributed by atoms with Crippen LogP contribution in [-0.2, 0) is 10.2 Å². The molecule has 1 amide bonds. The van der Waals surface area contributed by atoms with Crippen LogP contribution in [0.3, 0.4) is 0 Å². The number of halogens is 1. The molecule has 0 unspecified atom stereocenters. The number of anilines is 1. The fraction of sp³-hybridized carbons (Fsp3) is 0.440. The Labute approximate surface area is 217 Å². The molecule has 1 saturated carbocycles. The molecule has 1 spiro atoms. The van der Waals surface area contributed by atoms with Gasteiger partial charge in [0.15, 0.2) is 0 Å². The van der Waals surface area contributed by atoms with Crippen molar-refractivity contribution in [3.05, 3.63) is 64.6 Å². The summed E-state index contributed by atoms with van der Waals surface area (Å²) < 4.78 is 5.71. The van der Waals surface area contributed by atoms with E-state index in [1.165, 1.54) is 0 Å². The summed E-state index contributed by atoms with van der Waals surface area (Å²) >= 11 is 6.16. The van der Waals surface area contributed by atoms with Gasteiger partial charge in [0.2, 0.25) is 5.91 Å². The molecule has 3 heterocycles. The van der Waals surface area contributed by atoms with E-state index < -0.39 is 5.41 Å². The molecular formula is C25H28ClLiN4O3-2. The van der Waals surface area contributed by atoms with Crippen molar-refractivity contribution in [2.75, 3.05) is 31.6 Å². The van der Waals surface area contributed by atoms with Crippen LogP contribution in [0.5, 0.6) is 5.75 Å². The molecule has 176 valence electrons. The largest absolute Gasteiger partial charge is 1.00 e. The van der Waals surface area contributed by atoms with Crippen molar-refractivity contribution in [3.8, 4) is 5.75 Å². The fourth-order valence-corrected chi connectivity index (χ4v) is 4.61. The summed E-state index contributed by atoms with van der Waals surface area (Å²) in [5, 5.41) is 21.5. The Morgan fingerprint density at radius 2 is 2.06 bits per heavy atom. The number of benzene rings is 1. The van der Waals surface area contributed by atoms with E-state index in [0.717, 1.165) is 62.8 Å². The molecule has 0 bridgehead atoms. The second-order valence-corrected chi connectivity index (χ2v) is 9.55. The van der Waals surface area contributed by atoms with Gasteiger partial charge in [-0.3, -0.25) is 15.9 Å². The number of ether oxygens (including phenoxy) is 1. The van der Waals surface area contributed by atoms with Gasteiger partial charge >= 0.3 is 18.9 Å². The van der Waals surface area contributed by atoms with Crippen LogP contribution in [0, 0.1) is 12.6 Å². The number of aromatic nitrogens is 1. The van der Waals surface area contributed by atoms with Crippen molar-refractivity contribution in [3.63, 3.8) is 0 Å². The SMILES string of the molecule is CC1(O)C[CH-]C1.[Li+].[N-]=Cc1[c-]ncc(OCCN2CCC3(CC2)C(=O)Nc2ccc(Cl)cc23)c1. The summed E-state index contributed by atoms with van der Waals surface area (Å²) in [6.07, 6.45) is 10.5. The predicted molar refractivity (Wildman–Crippen MR) is 129 cm³/mol. The third kappa shape index (κ3) is 6.02. The number of hydrogen-bond acceptors (Lipinski definition) is 5. The van der Waals surface area contributed by atoms with Gasteiger partial charge in [0.05, 0.1) is 17.8 Å². The van der Waals surface area contributed by atoms with Crippen molar-refractivity contribution in [2.45, 2.75) is 43.6 Å². The molecule has 1 saturated heterocycles. The summed E-state index contributed by atoms with van der Waals surface area (Å²) in [7, 11) is 0. The molecule has 2 N–H and O–H groups in total. The third-order valence-electron chi connectivity index (χ3n) is 6.56. The van der Waals surface area contributed by atoms with E-state index in [0.29, 0.717) is 22.9 Å². The Morgan fingerprint density at radius 1 is 1.35 bits per heavy atom. The Hall–Kier alpha value is -1.88. The minimum Gasteiger partial charge on any atom is -0.862 e. The number of piperidine rings is 1. The quantitative estimate of drug-likeness (QED) is 0.376. The van der Waals surface area contributed by atoms with Gasteiger partial charge in [0.25, 0.3) is 0 Å². The van der Waals surface area contributed by atoms with Crippen molar-refractivity contribution in [1.29, 1.82) is 0 Å². The number of hydrogen-bond donors (Lipinski definition) is 2. The van der Waals surface area contributed by atoms with Crippen LogP contribution < -0.4 is 28.9 Å². The van der Waals surface area contributed by atoms with Crippen LogP contribution in [-0.4, -0.2) is 59.0 Å². The van der Waals surface area contributed by atoms with Gasteiger partial charge in [-0.1, -0.05) is 11.6 Å². The zero-order valence-electron chi connectivity index (χ0n) is 19.7. The van der Waals surface area contributed by atoms with Crippen LogP contribution in [0.15, 0.2) is 30.5 Å². The third-order valence-corrected chi connectivity index (χ3v) is 6.79. The molecule has 1 aromatic carbocycles. The topological polar surface area (TPSA) is 97.0 Å². The monoisotopic (exact) mass is 474 g/mol. The predicted octanol–water partition coefficient (Wildman–Crippen LogP) is 0.628. The van der Waals surface area contributed by atoms with E-state index in [9.17, 15) is 4.79 Å². The molecule has 2 aromatic rings. The molecule has 9 heteroatoms. The second-order valence-electron chi connectivity index (χ2n) is 9.11. The van der Waals surface area contributed by atoms with Gasteiger partial charge < -0.3 is 32.0 Å². The van der Waals surface area contributed by atoms with E-state index in [4.69, 9.17) is 26.9 Å². The van der Waals surface area contributed by atoms with Gasteiger partial charge in [-0.05, 0) is 69.0 Å². The number of rotatable bonds is 5. The molecule has 34 heavy (non-hydrogen) atoms. The molecule has 2 fully saturated rings. The maximum Gasteiger partial charge on any atom is 1.00 e. The number of pyridine rings is 1. The van der Waals surface area contributed by atoms with Gasteiger partial charge in [0, 0.05) is 22.9 Å². The van der Waals surface area contributed by atoms with Crippen LogP contribution in [0.25, 0.3) is 5.41 Å². The van der Waals surface area contributed by atoms with E-state index >= 15 is 0 Å². The molecular weight excluding hydrogens is 447 g/mol. The average Bonchev–Trinajstić information content (AvgIpc) is 3.05. The fourth-order valence-electron chi connectivity index (χ4n) is 4.43. The molecule has 5 rings (SSSR count). The van der Waals surface area contributed by atoms with Crippen LogP contribution in [0.4, 0.5) is 5.69 Å². The summed E-state index contributed by atoms with van der Waals surface area (Å²) in [5.41, 5.74) is 1.58. The Bertz CT molecular complexity index is 1020. The first-order valence-electron chi connectivity index (χ1n) is 11.2. The van der Waals surface area contributed by atoms with Crippen LogP contribution >= 0.6 is 11.6 Å². The molecule has 0 atom stereocenters. The van der Waals surface area contributed by atoms with E-state index in [2.05, 4.69) is 27.8 Å². The number of nitrogens with zero attached hydrogens (tertiary/aromatic N) is 3. The minimum absolute atomic E-state index is 0. The number of carbonyl (C=O) groups is 1. The molecule has 7 nitrogen and oxygen atoms in total. The number of aliphatic hydroxyl groups is 1. The van der Waals surface area contributed by atoms with Crippen molar-refractivity contribution in [1.82, 2.24) is 9.88 Å². The van der Waals surface area contributed by atoms with Gasteiger partial charge in [-0.2, -0.15) is 18.4 Å². The zero-order valence-corrected chi connectivity index (χ0v) is 20.4. The van der Waals surface area contributed by atoms with E-state index in [-0.39, 0.29) is 30.4 Å². The van der Waals surface area contributed by atoms with E-state index in [1.54, 1.807) is 12.3 Å². The first kappa shape index (κ1) is 26.7. The maximum absolute atomic E-state index is 12.7.